The van der Waals surface area contributed by atoms with E-state index < -0.39 is 17.7 Å². The van der Waals surface area contributed by atoms with Gasteiger partial charge < -0.3 is 10.2 Å². The van der Waals surface area contributed by atoms with Crippen molar-refractivity contribution in [3.8, 4) is 0 Å². The SMILES string of the molecule is O=C1CCN(Cc2cccc(F)c2F)C(=O)C(C2CC2)N1. The Morgan fingerprint density at radius 3 is 2.71 bits per heavy atom. The fourth-order valence-electron chi connectivity index (χ4n) is 2.63. The van der Waals surface area contributed by atoms with Crippen LogP contribution in [0.15, 0.2) is 18.2 Å². The Morgan fingerprint density at radius 1 is 1.24 bits per heavy atom. The van der Waals surface area contributed by atoms with Gasteiger partial charge in [-0.25, -0.2) is 8.78 Å². The third kappa shape index (κ3) is 2.89. The minimum Gasteiger partial charge on any atom is -0.344 e. The molecule has 1 unspecified atom stereocenters. The second-order valence-corrected chi connectivity index (χ2v) is 5.61. The van der Waals surface area contributed by atoms with E-state index in [0.29, 0.717) is 0 Å². The summed E-state index contributed by atoms with van der Waals surface area (Å²) in [7, 11) is 0. The largest absolute Gasteiger partial charge is 0.344 e. The highest BCUT2D eigenvalue weighted by molar-refractivity contribution is 5.90. The third-order valence-electron chi connectivity index (χ3n) is 3.99. The first-order chi connectivity index (χ1) is 10.1. The number of benzene rings is 1. The minimum atomic E-state index is -0.934. The van der Waals surface area contributed by atoms with Crippen LogP contribution in [-0.2, 0) is 16.1 Å². The number of carbonyl (C=O) groups excluding carboxylic acids is 2. The van der Waals surface area contributed by atoms with Gasteiger partial charge in [-0.05, 0) is 24.8 Å². The quantitative estimate of drug-likeness (QED) is 0.920. The average molecular weight is 294 g/mol. The predicted molar refractivity (Wildman–Crippen MR) is 71.0 cm³/mol. The number of carbonyl (C=O) groups is 2. The van der Waals surface area contributed by atoms with Crippen molar-refractivity contribution in [1.82, 2.24) is 10.2 Å². The maximum atomic E-state index is 13.7. The van der Waals surface area contributed by atoms with E-state index in [1.54, 1.807) is 0 Å². The Bertz CT molecular complexity index is 587. The van der Waals surface area contributed by atoms with Crippen molar-refractivity contribution in [2.75, 3.05) is 6.54 Å². The van der Waals surface area contributed by atoms with Gasteiger partial charge in [0.15, 0.2) is 11.6 Å². The van der Waals surface area contributed by atoms with E-state index in [0.717, 1.165) is 18.9 Å². The first kappa shape index (κ1) is 14.0. The molecule has 112 valence electrons. The lowest BCUT2D eigenvalue weighted by molar-refractivity contribution is -0.134. The van der Waals surface area contributed by atoms with Gasteiger partial charge in [-0.15, -0.1) is 0 Å². The van der Waals surface area contributed by atoms with Gasteiger partial charge in [-0.3, -0.25) is 9.59 Å². The van der Waals surface area contributed by atoms with Crippen molar-refractivity contribution in [3.05, 3.63) is 35.4 Å². The average Bonchev–Trinajstić information content (AvgIpc) is 3.28. The smallest absolute Gasteiger partial charge is 0.245 e. The van der Waals surface area contributed by atoms with E-state index in [9.17, 15) is 18.4 Å². The van der Waals surface area contributed by atoms with Crippen molar-refractivity contribution in [2.24, 2.45) is 5.92 Å². The topological polar surface area (TPSA) is 49.4 Å². The van der Waals surface area contributed by atoms with Gasteiger partial charge in [-0.2, -0.15) is 0 Å². The van der Waals surface area contributed by atoms with Crippen LogP contribution in [0.3, 0.4) is 0 Å². The molecule has 1 atom stereocenters. The van der Waals surface area contributed by atoms with Gasteiger partial charge in [-0.1, -0.05) is 12.1 Å². The summed E-state index contributed by atoms with van der Waals surface area (Å²) in [6, 6.07) is 3.40. The van der Waals surface area contributed by atoms with Crippen LogP contribution in [0.2, 0.25) is 0 Å². The first-order valence-electron chi connectivity index (χ1n) is 7.07. The molecule has 1 saturated carbocycles. The minimum absolute atomic E-state index is 0.0133. The molecule has 0 aromatic heterocycles. The number of nitrogens with zero attached hydrogens (tertiary/aromatic N) is 1. The second-order valence-electron chi connectivity index (χ2n) is 5.61. The van der Waals surface area contributed by atoms with Gasteiger partial charge in [0.05, 0.1) is 0 Å². The standard InChI is InChI=1S/C15H16F2N2O2/c16-11-3-1-2-10(13(11)17)8-19-7-6-12(20)18-14(15(19)21)9-4-5-9/h1-3,9,14H,4-8H2,(H,18,20). The number of halogens is 2. The van der Waals surface area contributed by atoms with E-state index in [2.05, 4.69) is 5.32 Å². The molecule has 1 N–H and O–H groups in total. The highest BCUT2D eigenvalue weighted by Gasteiger charge is 2.41. The Morgan fingerprint density at radius 2 is 2.00 bits per heavy atom. The molecular weight excluding hydrogens is 278 g/mol. The molecule has 1 aromatic carbocycles. The molecular formula is C15H16F2N2O2. The number of rotatable bonds is 3. The fraction of sp³-hybridized carbons (Fsp3) is 0.467. The monoisotopic (exact) mass is 294 g/mol. The number of nitrogens with one attached hydrogen (secondary N) is 1. The molecule has 0 spiro atoms. The fourth-order valence-corrected chi connectivity index (χ4v) is 2.63. The van der Waals surface area contributed by atoms with Crippen LogP contribution < -0.4 is 5.32 Å². The van der Waals surface area contributed by atoms with Crippen LogP contribution in [-0.4, -0.2) is 29.3 Å². The van der Waals surface area contributed by atoms with E-state index in [4.69, 9.17) is 0 Å². The Kier molecular flexibility index (Phi) is 3.61. The summed E-state index contributed by atoms with van der Waals surface area (Å²) in [4.78, 5) is 25.6. The molecule has 1 aliphatic heterocycles. The zero-order valence-corrected chi connectivity index (χ0v) is 11.4. The van der Waals surface area contributed by atoms with Crippen LogP contribution in [0, 0.1) is 17.6 Å². The van der Waals surface area contributed by atoms with E-state index in [-0.39, 0.29) is 42.8 Å². The first-order valence-corrected chi connectivity index (χ1v) is 7.07. The van der Waals surface area contributed by atoms with Crippen LogP contribution >= 0.6 is 0 Å². The maximum Gasteiger partial charge on any atom is 0.245 e. The highest BCUT2D eigenvalue weighted by Crippen LogP contribution is 2.34. The number of hydrogen-bond donors (Lipinski definition) is 1. The predicted octanol–water partition coefficient (Wildman–Crippen LogP) is 1.59. The highest BCUT2D eigenvalue weighted by atomic mass is 19.2. The molecule has 2 amide bonds. The normalized spacial score (nSPS) is 23.0. The molecule has 3 rings (SSSR count). The van der Waals surface area contributed by atoms with Crippen LogP contribution in [0.1, 0.15) is 24.8 Å². The summed E-state index contributed by atoms with van der Waals surface area (Å²) in [5, 5.41) is 2.73. The molecule has 0 bridgehead atoms. The van der Waals surface area contributed by atoms with Crippen LogP contribution in [0.25, 0.3) is 0 Å². The molecule has 6 heteroatoms. The van der Waals surface area contributed by atoms with Crippen LogP contribution in [0.4, 0.5) is 8.78 Å². The molecule has 1 aliphatic carbocycles. The van der Waals surface area contributed by atoms with Gasteiger partial charge in [0, 0.05) is 25.1 Å². The van der Waals surface area contributed by atoms with Gasteiger partial charge in [0.25, 0.3) is 0 Å². The van der Waals surface area contributed by atoms with Crippen LogP contribution in [0.5, 0.6) is 0 Å². The molecule has 1 saturated heterocycles. The molecule has 1 aromatic rings. The summed E-state index contributed by atoms with van der Waals surface area (Å²) in [5.74, 6) is -2.05. The lowest BCUT2D eigenvalue weighted by atomic mass is 10.1. The van der Waals surface area contributed by atoms with E-state index in [1.807, 2.05) is 0 Å². The van der Waals surface area contributed by atoms with E-state index in [1.165, 1.54) is 17.0 Å². The number of amides is 2. The summed E-state index contributed by atoms with van der Waals surface area (Å²) in [6.07, 6.45) is 2.02. The third-order valence-corrected chi connectivity index (χ3v) is 3.99. The Labute approximate surface area is 121 Å². The Hall–Kier alpha value is -1.98. The van der Waals surface area contributed by atoms with E-state index >= 15 is 0 Å². The molecule has 0 radical (unpaired) electrons. The summed E-state index contributed by atoms with van der Waals surface area (Å²) >= 11 is 0. The van der Waals surface area contributed by atoms with Gasteiger partial charge in [0.1, 0.15) is 6.04 Å². The van der Waals surface area contributed by atoms with Crippen molar-refractivity contribution in [3.63, 3.8) is 0 Å². The summed E-state index contributed by atoms with van der Waals surface area (Å²) < 4.78 is 27.0. The number of hydrogen-bond acceptors (Lipinski definition) is 2. The molecule has 4 nitrogen and oxygen atoms in total. The van der Waals surface area contributed by atoms with Crippen molar-refractivity contribution in [1.29, 1.82) is 0 Å². The zero-order valence-electron chi connectivity index (χ0n) is 11.4. The second kappa shape index (κ2) is 5.42. The maximum absolute atomic E-state index is 13.7. The van der Waals surface area contributed by atoms with Gasteiger partial charge >= 0.3 is 0 Å². The zero-order chi connectivity index (χ0) is 15.0. The lowest BCUT2D eigenvalue weighted by Gasteiger charge is -2.24. The molecule has 1 heterocycles. The molecule has 21 heavy (non-hydrogen) atoms. The Balaban J connectivity index is 1.81. The van der Waals surface area contributed by atoms with Crippen molar-refractivity contribution >= 4 is 11.8 Å². The van der Waals surface area contributed by atoms with Crippen molar-refractivity contribution in [2.45, 2.75) is 31.8 Å². The summed E-state index contributed by atoms with van der Waals surface area (Å²) in [6.45, 7) is 0.213. The van der Waals surface area contributed by atoms with Crippen molar-refractivity contribution < 1.29 is 18.4 Å². The summed E-state index contributed by atoms with van der Waals surface area (Å²) in [5.41, 5.74) is 0.132. The molecule has 2 aliphatic rings. The molecule has 2 fully saturated rings. The van der Waals surface area contributed by atoms with Gasteiger partial charge in [0.2, 0.25) is 11.8 Å². The lowest BCUT2D eigenvalue weighted by Crippen LogP contribution is -2.45.